The van der Waals surface area contributed by atoms with E-state index in [-0.39, 0.29) is 6.04 Å². The van der Waals surface area contributed by atoms with Crippen molar-refractivity contribution in [1.29, 1.82) is 0 Å². The first-order valence-electron chi connectivity index (χ1n) is 7.39. The van der Waals surface area contributed by atoms with Crippen LogP contribution in [0.3, 0.4) is 0 Å². The highest BCUT2D eigenvalue weighted by atomic mass is 16.5. The molecular formula is C18H21NO2. The molecule has 2 aromatic rings. The second-order valence-corrected chi connectivity index (χ2v) is 5.64. The molecule has 2 atom stereocenters. The van der Waals surface area contributed by atoms with E-state index in [2.05, 4.69) is 24.4 Å². The second kappa shape index (κ2) is 5.78. The van der Waals surface area contributed by atoms with Crippen LogP contribution < -0.4 is 10.1 Å². The summed E-state index contributed by atoms with van der Waals surface area (Å²) in [5.74, 6) is 1.24. The Kier molecular flexibility index (Phi) is 3.84. The first-order chi connectivity index (χ1) is 10.2. The van der Waals surface area contributed by atoms with Crippen LogP contribution in [0.1, 0.15) is 42.1 Å². The SMILES string of the molecule is COc1cccc([C@H](C)NC2CCc3cc(O)ccc32)c1. The third-order valence-electron chi connectivity index (χ3n) is 4.25. The summed E-state index contributed by atoms with van der Waals surface area (Å²) >= 11 is 0. The van der Waals surface area contributed by atoms with Crippen molar-refractivity contribution in [2.75, 3.05) is 7.11 Å². The number of hydrogen-bond acceptors (Lipinski definition) is 3. The van der Waals surface area contributed by atoms with E-state index < -0.39 is 0 Å². The molecule has 3 heteroatoms. The van der Waals surface area contributed by atoms with Gasteiger partial charge in [-0.3, -0.25) is 0 Å². The zero-order chi connectivity index (χ0) is 14.8. The standard InChI is InChI=1S/C18H21NO2/c1-12(13-4-3-5-16(11-13)21-2)19-18-9-6-14-10-15(20)7-8-17(14)18/h3-5,7-8,10-12,18-20H,6,9H2,1-2H3/t12-,18?/m0/s1. The maximum absolute atomic E-state index is 9.57. The van der Waals surface area contributed by atoms with E-state index in [1.807, 2.05) is 24.3 Å². The molecule has 0 aromatic heterocycles. The van der Waals surface area contributed by atoms with Crippen LogP contribution in [-0.4, -0.2) is 12.2 Å². The minimum absolute atomic E-state index is 0.254. The van der Waals surface area contributed by atoms with Gasteiger partial charge in [0.05, 0.1) is 7.11 Å². The summed E-state index contributed by atoms with van der Waals surface area (Å²) in [5.41, 5.74) is 3.79. The number of benzene rings is 2. The van der Waals surface area contributed by atoms with E-state index in [9.17, 15) is 5.11 Å². The Hall–Kier alpha value is -2.00. The minimum atomic E-state index is 0.254. The predicted molar refractivity (Wildman–Crippen MR) is 83.7 cm³/mol. The highest BCUT2D eigenvalue weighted by Gasteiger charge is 2.24. The summed E-state index contributed by atoms with van der Waals surface area (Å²) in [6, 6.07) is 14.5. The van der Waals surface area contributed by atoms with Crippen molar-refractivity contribution in [1.82, 2.24) is 5.32 Å². The van der Waals surface area contributed by atoms with Gasteiger partial charge in [-0.2, -0.15) is 0 Å². The summed E-state index contributed by atoms with van der Waals surface area (Å²) in [5, 5.41) is 13.3. The molecule has 21 heavy (non-hydrogen) atoms. The van der Waals surface area contributed by atoms with Crippen LogP contribution in [0.2, 0.25) is 0 Å². The number of phenols is 1. The maximum atomic E-state index is 9.57. The molecular weight excluding hydrogens is 262 g/mol. The van der Waals surface area contributed by atoms with Gasteiger partial charge in [-0.05, 0) is 60.7 Å². The molecule has 0 radical (unpaired) electrons. The fourth-order valence-corrected chi connectivity index (χ4v) is 3.09. The molecule has 3 rings (SSSR count). The first-order valence-corrected chi connectivity index (χ1v) is 7.39. The Bertz CT molecular complexity index is 639. The van der Waals surface area contributed by atoms with Crippen LogP contribution in [0.15, 0.2) is 42.5 Å². The molecule has 2 N–H and O–H groups in total. The molecule has 0 fully saturated rings. The molecule has 3 nitrogen and oxygen atoms in total. The predicted octanol–water partition coefficient (Wildman–Crippen LogP) is 3.74. The number of hydrogen-bond donors (Lipinski definition) is 2. The largest absolute Gasteiger partial charge is 0.508 e. The molecule has 0 amide bonds. The van der Waals surface area contributed by atoms with Gasteiger partial charge in [0.15, 0.2) is 0 Å². The Labute approximate surface area is 125 Å². The van der Waals surface area contributed by atoms with E-state index in [1.54, 1.807) is 13.2 Å². The van der Waals surface area contributed by atoms with Gasteiger partial charge in [-0.15, -0.1) is 0 Å². The van der Waals surface area contributed by atoms with Crippen molar-refractivity contribution in [2.45, 2.75) is 31.8 Å². The van der Waals surface area contributed by atoms with Crippen molar-refractivity contribution < 1.29 is 9.84 Å². The zero-order valence-electron chi connectivity index (χ0n) is 12.5. The number of aromatic hydroxyl groups is 1. The summed E-state index contributed by atoms with van der Waals surface area (Å²) < 4.78 is 5.29. The Morgan fingerprint density at radius 3 is 2.90 bits per heavy atom. The molecule has 0 bridgehead atoms. The van der Waals surface area contributed by atoms with Crippen molar-refractivity contribution in [2.24, 2.45) is 0 Å². The lowest BCUT2D eigenvalue weighted by molar-refractivity contribution is 0.411. The third-order valence-corrected chi connectivity index (χ3v) is 4.25. The van der Waals surface area contributed by atoms with Crippen LogP contribution >= 0.6 is 0 Å². The van der Waals surface area contributed by atoms with Gasteiger partial charge < -0.3 is 15.2 Å². The van der Waals surface area contributed by atoms with Gasteiger partial charge in [-0.25, -0.2) is 0 Å². The molecule has 2 aromatic carbocycles. The van der Waals surface area contributed by atoms with Crippen LogP contribution in [0.25, 0.3) is 0 Å². The maximum Gasteiger partial charge on any atom is 0.119 e. The van der Waals surface area contributed by atoms with Crippen LogP contribution in [-0.2, 0) is 6.42 Å². The van der Waals surface area contributed by atoms with E-state index in [0.29, 0.717) is 11.8 Å². The number of ether oxygens (including phenoxy) is 1. The molecule has 0 heterocycles. The summed E-state index contributed by atoms with van der Waals surface area (Å²) in [6.45, 7) is 2.17. The van der Waals surface area contributed by atoms with Gasteiger partial charge >= 0.3 is 0 Å². The highest BCUT2D eigenvalue weighted by Crippen LogP contribution is 2.35. The molecule has 110 valence electrons. The summed E-state index contributed by atoms with van der Waals surface area (Å²) in [6.07, 6.45) is 2.10. The fourth-order valence-electron chi connectivity index (χ4n) is 3.09. The smallest absolute Gasteiger partial charge is 0.119 e. The van der Waals surface area contributed by atoms with Crippen molar-refractivity contribution in [3.8, 4) is 11.5 Å². The average Bonchev–Trinajstić information content (AvgIpc) is 2.89. The topological polar surface area (TPSA) is 41.5 Å². The third kappa shape index (κ3) is 2.88. The van der Waals surface area contributed by atoms with E-state index in [0.717, 1.165) is 18.6 Å². The molecule has 0 saturated carbocycles. The molecule has 1 aliphatic rings. The van der Waals surface area contributed by atoms with E-state index >= 15 is 0 Å². The number of nitrogens with one attached hydrogen (secondary N) is 1. The highest BCUT2D eigenvalue weighted by molar-refractivity contribution is 5.40. The van der Waals surface area contributed by atoms with Gasteiger partial charge in [0, 0.05) is 12.1 Å². The molecule has 0 saturated heterocycles. The Balaban J connectivity index is 1.76. The summed E-state index contributed by atoms with van der Waals surface area (Å²) in [4.78, 5) is 0. The lowest BCUT2D eigenvalue weighted by Gasteiger charge is -2.21. The molecule has 0 spiro atoms. The Morgan fingerprint density at radius 1 is 1.24 bits per heavy atom. The quantitative estimate of drug-likeness (QED) is 0.898. The van der Waals surface area contributed by atoms with Crippen LogP contribution in [0, 0.1) is 0 Å². The van der Waals surface area contributed by atoms with E-state index in [1.165, 1.54) is 16.7 Å². The average molecular weight is 283 g/mol. The minimum Gasteiger partial charge on any atom is -0.508 e. The first kappa shape index (κ1) is 14.0. The summed E-state index contributed by atoms with van der Waals surface area (Å²) in [7, 11) is 1.69. The monoisotopic (exact) mass is 283 g/mol. The van der Waals surface area contributed by atoms with Crippen molar-refractivity contribution >= 4 is 0 Å². The van der Waals surface area contributed by atoms with Gasteiger partial charge in [0.2, 0.25) is 0 Å². The van der Waals surface area contributed by atoms with Gasteiger partial charge in [0.1, 0.15) is 11.5 Å². The van der Waals surface area contributed by atoms with Gasteiger partial charge in [-0.1, -0.05) is 18.2 Å². The number of phenolic OH excluding ortho intramolecular Hbond substituents is 1. The van der Waals surface area contributed by atoms with Crippen molar-refractivity contribution in [3.63, 3.8) is 0 Å². The number of fused-ring (bicyclic) bond motifs is 1. The number of rotatable bonds is 4. The van der Waals surface area contributed by atoms with Crippen LogP contribution in [0.4, 0.5) is 0 Å². The van der Waals surface area contributed by atoms with Gasteiger partial charge in [0.25, 0.3) is 0 Å². The zero-order valence-corrected chi connectivity index (χ0v) is 12.5. The normalized spacial score (nSPS) is 18.3. The van der Waals surface area contributed by atoms with Crippen LogP contribution in [0.5, 0.6) is 11.5 Å². The van der Waals surface area contributed by atoms with E-state index in [4.69, 9.17) is 4.74 Å². The second-order valence-electron chi connectivity index (χ2n) is 5.64. The lowest BCUT2D eigenvalue weighted by Crippen LogP contribution is -2.23. The molecule has 1 unspecified atom stereocenters. The lowest BCUT2D eigenvalue weighted by atomic mass is 10.0. The number of aryl methyl sites for hydroxylation is 1. The van der Waals surface area contributed by atoms with Crippen molar-refractivity contribution in [3.05, 3.63) is 59.2 Å². The molecule has 0 aliphatic heterocycles. The molecule has 1 aliphatic carbocycles. The Morgan fingerprint density at radius 2 is 2.10 bits per heavy atom. The number of methoxy groups -OCH3 is 1. The fraction of sp³-hybridized carbons (Fsp3) is 0.333.